The maximum absolute atomic E-state index is 5.70. The van der Waals surface area contributed by atoms with Crippen LogP contribution in [-0.2, 0) is 11.3 Å². The van der Waals surface area contributed by atoms with Gasteiger partial charge in [0.2, 0.25) is 0 Å². The molecular formula is C15H22ClNO3. The van der Waals surface area contributed by atoms with Crippen molar-refractivity contribution in [3.63, 3.8) is 0 Å². The molecule has 1 rings (SSSR count). The third kappa shape index (κ3) is 6.28. The molecule has 1 aromatic rings. The highest BCUT2D eigenvalue weighted by molar-refractivity contribution is 6.29. The molecule has 0 aliphatic rings. The van der Waals surface area contributed by atoms with Crippen LogP contribution in [0.1, 0.15) is 12.5 Å². The quantitative estimate of drug-likeness (QED) is 0.674. The van der Waals surface area contributed by atoms with E-state index < -0.39 is 0 Å². The summed E-state index contributed by atoms with van der Waals surface area (Å²) in [6.07, 6.45) is 0. The van der Waals surface area contributed by atoms with Crippen molar-refractivity contribution in [1.82, 2.24) is 5.32 Å². The monoisotopic (exact) mass is 299 g/mol. The van der Waals surface area contributed by atoms with Crippen molar-refractivity contribution in [1.29, 1.82) is 0 Å². The third-order valence-electron chi connectivity index (χ3n) is 2.50. The zero-order chi connectivity index (χ0) is 14.8. The molecule has 1 N–H and O–H groups in total. The highest BCUT2D eigenvalue weighted by Crippen LogP contribution is 2.29. The molecule has 0 radical (unpaired) electrons. The Morgan fingerprint density at radius 3 is 2.75 bits per heavy atom. The second-order valence-electron chi connectivity index (χ2n) is 4.19. The first-order valence-corrected chi connectivity index (χ1v) is 6.96. The largest absolute Gasteiger partial charge is 0.490 e. The predicted molar refractivity (Wildman–Crippen MR) is 81.7 cm³/mol. The number of nitrogens with one attached hydrogen (secondary N) is 1. The van der Waals surface area contributed by atoms with Crippen LogP contribution in [-0.4, -0.2) is 33.5 Å². The molecule has 0 saturated carbocycles. The van der Waals surface area contributed by atoms with E-state index in [1.165, 1.54) is 0 Å². The average molecular weight is 300 g/mol. The summed E-state index contributed by atoms with van der Waals surface area (Å²) in [5.74, 6) is 1.39. The summed E-state index contributed by atoms with van der Waals surface area (Å²) in [5.41, 5.74) is 1.13. The molecule has 5 heteroatoms. The molecule has 0 heterocycles. The molecule has 0 amide bonds. The first kappa shape index (κ1) is 16.8. The van der Waals surface area contributed by atoms with E-state index in [4.69, 9.17) is 25.8 Å². The van der Waals surface area contributed by atoms with Gasteiger partial charge in [0.15, 0.2) is 11.5 Å². The van der Waals surface area contributed by atoms with Crippen LogP contribution in [0.2, 0.25) is 0 Å². The summed E-state index contributed by atoms with van der Waals surface area (Å²) >= 11 is 5.70. The maximum Gasteiger partial charge on any atom is 0.161 e. The van der Waals surface area contributed by atoms with Gasteiger partial charge in [-0.15, -0.1) is 0 Å². The Morgan fingerprint density at radius 2 is 2.10 bits per heavy atom. The molecule has 0 aliphatic carbocycles. The summed E-state index contributed by atoms with van der Waals surface area (Å²) in [7, 11) is 1.69. The number of methoxy groups -OCH3 is 1. The van der Waals surface area contributed by atoms with Crippen molar-refractivity contribution in [3.8, 4) is 11.5 Å². The molecule has 0 aromatic heterocycles. The first-order chi connectivity index (χ1) is 9.67. The van der Waals surface area contributed by atoms with Crippen molar-refractivity contribution in [3.05, 3.63) is 35.4 Å². The lowest BCUT2D eigenvalue weighted by atomic mass is 10.2. The minimum Gasteiger partial charge on any atom is -0.490 e. The molecule has 112 valence electrons. The van der Waals surface area contributed by atoms with Crippen molar-refractivity contribution in [2.75, 3.05) is 33.5 Å². The second kappa shape index (κ2) is 9.64. The molecule has 0 fully saturated rings. The number of rotatable bonds is 10. The van der Waals surface area contributed by atoms with E-state index in [2.05, 4.69) is 11.9 Å². The number of ether oxygens (including phenoxy) is 3. The molecule has 20 heavy (non-hydrogen) atoms. The summed E-state index contributed by atoms with van der Waals surface area (Å²) in [6, 6.07) is 5.85. The van der Waals surface area contributed by atoms with Gasteiger partial charge in [-0.1, -0.05) is 24.2 Å². The zero-order valence-electron chi connectivity index (χ0n) is 12.1. The lowest BCUT2D eigenvalue weighted by molar-refractivity contribution is 0.199. The minimum atomic E-state index is 0.271. The Morgan fingerprint density at radius 1 is 1.30 bits per heavy atom. The highest BCUT2D eigenvalue weighted by Gasteiger charge is 2.07. The van der Waals surface area contributed by atoms with Gasteiger partial charge in [0.1, 0.15) is 6.61 Å². The van der Waals surface area contributed by atoms with Crippen LogP contribution >= 0.6 is 11.6 Å². The Bertz CT molecular complexity index is 424. The van der Waals surface area contributed by atoms with Crippen LogP contribution in [0.5, 0.6) is 11.5 Å². The number of hydrogen-bond acceptors (Lipinski definition) is 4. The van der Waals surface area contributed by atoms with Crippen molar-refractivity contribution < 1.29 is 14.2 Å². The van der Waals surface area contributed by atoms with E-state index in [0.29, 0.717) is 24.0 Å². The molecule has 0 aliphatic heterocycles. The number of benzene rings is 1. The molecule has 1 aromatic carbocycles. The van der Waals surface area contributed by atoms with Gasteiger partial charge in [-0.2, -0.15) is 0 Å². The van der Waals surface area contributed by atoms with Gasteiger partial charge >= 0.3 is 0 Å². The van der Waals surface area contributed by atoms with Crippen molar-refractivity contribution in [2.45, 2.75) is 13.5 Å². The van der Waals surface area contributed by atoms with E-state index in [-0.39, 0.29) is 6.61 Å². The lowest BCUT2D eigenvalue weighted by Crippen LogP contribution is -2.18. The van der Waals surface area contributed by atoms with Crippen LogP contribution in [0.25, 0.3) is 0 Å². The molecule has 0 unspecified atom stereocenters. The van der Waals surface area contributed by atoms with Crippen molar-refractivity contribution in [2.24, 2.45) is 0 Å². The number of hydrogen-bond donors (Lipinski definition) is 1. The Labute approximate surface area is 125 Å². The number of halogens is 1. The van der Waals surface area contributed by atoms with E-state index in [9.17, 15) is 0 Å². The van der Waals surface area contributed by atoms with Gasteiger partial charge in [0.05, 0.1) is 13.2 Å². The highest BCUT2D eigenvalue weighted by atomic mass is 35.5. The Hall–Kier alpha value is -1.23. The maximum atomic E-state index is 5.70. The zero-order valence-corrected chi connectivity index (χ0v) is 12.8. The summed E-state index contributed by atoms with van der Waals surface area (Å²) in [4.78, 5) is 0. The normalized spacial score (nSPS) is 10.3. The SMILES string of the molecule is C=C(Cl)COc1ccc(CNCCOC)cc1OCC. The van der Waals surface area contributed by atoms with Crippen LogP contribution in [0, 0.1) is 0 Å². The van der Waals surface area contributed by atoms with Crippen LogP contribution in [0.15, 0.2) is 29.8 Å². The van der Waals surface area contributed by atoms with Gasteiger partial charge in [-0.25, -0.2) is 0 Å². The second-order valence-corrected chi connectivity index (χ2v) is 4.72. The van der Waals surface area contributed by atoms with Gasteiger partial charge in [-0.05, 0) is 24.6 Å². The predicted octanol–water partition coefficient (Wildman–Crippen LogP) is 2.95. The van der Waals surface area contributed by atoms with Crippen LogP contribution in [0.4, 0.5) is 0 Å². The van der Waals surface area contributed by atoms with E-state index in [0.717, 1.165) is 24.4 Å². The van der Waals surface area contributed by atoms with Gasteiger partial charge in [-0.3, -0.25) is 0 Å². The Balaban J connectivity index is 2.65. The molecular weight excluding hydrogens is 278 g/mol. The topological polar surface area (TPSA) is 39.7 Å². The molecule has 0 atom stereocenters. The van der Waals surface area contributed by atoms with E-state index in [1.807, 2.05) is 25.1 Å². The minimum absolute atomic E-state index is 0.271. The lowest BCUT2D eigenvalue weighted by Gasteiger charge is -2.13. The van der Waals surface area contributed by atoms with Gasteiger partial charge in [0, 0.05) is 25.2 Å². The fourth-order valence-electron chi connectivity index (χ4n) is 1.61. The van der Waals surface area contributed by atoms with Gasteiger partial charge < -0.3 is 19.5 Å². The smallest absolute Gasteiger partial charge is 0.161 e. The molecule has 0 saturated heterocycles. The molecule has 4 nitrogen and oxygen atoms in total. The van der Waals surface area contributed by atoms with Crippen LogP contribution in [0.3, 0.4) is 0 Å². The average Bonchev–Trinajstić information content (AvgIpc) is 2.43. The molecule has 0 spiro atoms. The van der Waals surface area contributed by atoms with E-state index in [1.54, 1.807) is 7.11 Å². The standard InChI is InChI=1S/C15H22ClNO3/c1-4-19-15-9-13(10-17-7-8-18-3)5-6-14(15)20-11-12(2)16/h5-6,9,17H,2,4,7-8,10-11H2,1,3H3. The van der Waals surface area contributed by atoms with Crippen molar-refractivity contribution >= 4 is 11.6 Å². The summed E-state index contributed by atoms with van der Waals surface area (Å²) < 4.78 is 16.1. The summed E-state index contributed by atoms with van der Waals surface area (Å²) in [5, 5.41) is 3.74. The fraction of sp³-hybridized carbons (Fsp3) is 0.467. The molecule has 0 bridgehead atoms. The Kier molecular flexibility index (Phi) is 8.11. The van der Waals surface area contributed by atoms with Crippen LogP contribution < -0.4 is 14.8 Å². The van der Waals surface area contributed by atoms with E-state index >= 15 is 0 Å². The third-order valence-corrected chi connectivity index (χ3v) is 2.61. The van der Waals surface area contributed by atoms with Gasteiger partial charge in [0.25, 0.3) is 0 Å². The summed E-state index contributed by atoms with van der Waals surface area (Å²) in [6.45, 7) is 8.65. The fourth-order valence-corrected chi connectivity index (χ4v) is 1.67. The first-order valence-electron chi connectivity index (χ1n) is 6.58.